The van der Waals surface area contributed by atoms with Gasteiger partial charge in [-0.2, -0.15) is 0 Å². The molecule has 1 aromatic carbocycles. The van der Waals surface area contributed by atoms with Crippen molar-refractivity contribution in [3.8, 4) is 0 Å². The summed E-state index contributed by atoms with van der Waals surface area (Å²) in [5, 5.41) is 5.60. The van der Waals surface area contributed by atoms with E-state index in [1.165, 1.54) is 5.56 Å². The molecule has 0 bridgehead atoms. The zero-order chi connectivity index (χ0) is 14.8. The third-order valence-corrected chi connectivity index (χ3v) is 2.66. The number of aryl methyl sites for hydroxylation is 1. The number of guanidine groups is 1. The first kappa shape index (κ1) is 19.7. The van der Waals surface area contributed by atoms with E-state index in [1.54, 1.807) is 7.11 Å². The maximum absolute atomic E-state index is 11.4. The first-order chi connectivity index (χ1) is 9.65. The fraction of sp³-hybridized carbons (Fsp3) is 0.429. The van der Waals surface area contributed by atoms with E-state index in [1.807, 2.05) is 24.3 Å². The Balaban J connectivity index is 0.00000400. The Morgan fingerprint density at radius 3 is 2.57 bits per heavy atom. The van der Waals surface area contributed by atoms with E-state index in [0.717, 1.165) is 12.1 Å². The molecule has 1 aromatic rings. The van der Waals surface area contributed by atoms with Crippen molar-refractivity contribution in [2.75, 3.05) is 32.1 Å². The molecule has 0 saturated heterocycles. The van der Waals surface area contributed by atoms with Gasteiger partial charge in [-0.25, -0.2) is 4.99 Å². The lowest BCUT2D eigenvalue weighted by Gasteiger charge is -2.06. The van der Waals surface area contributed by atoms with Gasteiger partial charge in [-0.15, -0.1) is 24.0 Å². The Labute approximate surface area is 142 Å². The van der Waals surface area contributed by atoms with Crippen molar-refractivity contribution < 1.29 is 9.53 Å². The zero-order valence-corrected chi connectivity index (χ0v) is 14.7. The second kappa shape index (κ2) is 11.3. The summed E-state index contributed by atoms with van der Waals surface area (Å²) in [6.45, 7) is 3.04. The van der Waals surface area contributed by atoms with Crippen LogP contribution in [-0.2, 0) is 16.0 Å². The second-order valence-electron chi connectivity index (χ2n) is 4.22. The van der Waals surface area contributed by atoms with Crippen molar-refractivity contribution in [2.24, 2.45) is 10.7 Å². The SMILES string of the molecule is CCc1ccc(NC(N)=NCC(=O)NCCOC)cc1.I. The van der Waals surface area contributed by atoms with E-state index < -0.39 is 0 Å². The van der Waals surface area contributed by atoms with Gasteiger partial charge in [0.05, 0.1) is 6.61 Å². The number of methoxy groups -OCH3 is 1. The first-order valence-electron chi connectivity index (χ1n) is 6.57. The minimum absolute atomic E-state index is 0. The number of nitrogens with zero attached hydrogens (tertiary/aromatic N) is 1. The molecule has 0 atom stereocenters. The van der Waals surface area contributed by atoms with Crippen LogP contribution >= 0.6 is 24.0 Å². The molecule has 0 radical (unpaired) electrons. The summed E-state index contributed by atoms with van der Waals surface area (Å²) >= 11 is 0. The molecule has 118 valence electrons. The number of amides is 1. The quantitative estimate of drug-likeness (QED) is 0.276. The van der Waals surface area contributed by atoms with Gasteiger partial charge < -0.3 is 21.1 Å². The number of nitrogens with two attached hydrogens (primary N) is 1. The number of ether oxygens (including phenoxy) is 1. The molecule has 0 unspecified atom stereocenters. The molecule has 0 aromatic heterocycles. The summed E-state index contributed by atoms with van der Waals surface area (Å²) in [5.41, 5.74) is 7.82. The topological polar surface area (TPSA) is 88.7 Å². The van der Waals surface area contributed by atoms with Crippen LogP contribution in [-0.4, -0.2) is 38.7 Å². The van der Waals surface area contributed by atoms with Gasteiger partial charge in [-0.3, -0.25) is 4.79 Å². The van der Waals surface area contributed by atoms with Crippen LogP contribution in [0.1, 0.15) is 12.5 Å². The number of hydrogen-bond acceptors (Lipinski definition) is 3. The Morgan fingerprint density at radius 1 is 1.33 bits per heavy atom. The standard InChI is InChI=1S/C14H22N4O2.HI/c1-3-11-4-6-12(7-5-11)18-14(15)17-10-13(19)16-8-9-20-2;/h4-7H,3,8-10H2,1-2H3,(H,16,19)(H3,15,17,18);1H. The van der Waals surface area contributed by atoms with Crippen molar-refractivity contribution in [2.45, 2.75) is 13.3 Å². The van der Waals surface area contributed by atoms with Gasteiger partial charge in [-0.1, -0.05) is 19.1 Å². The van der Waals surface area contributed by atoms with Crippen LogP contribution in [0.15, 0.2) is 29.3 Å². The number of anilines is 1. The fourth-order valence-electron chi connectivity index (χ4n) is 1.52. The Bertz CT molecular complexity index is 449. The fourth-order valence-corrected chi connectivity index (χ4v) is 1.52. The average Bonchev–Trinajstić information content (AvgIpc) is 2.46. The summed E-state index contributed by atoms with van der Waals surface area (Å²) in [6.07, 6.45) is 0.992. The molecule has 7 heteroatoms. The van der Waals surface area contributed by atoms with Crippen molar-refractivity contribution in [1.82, 2.24) is 5.32 Å². The lowest BCUT2D eigenvalue weighted by molar-refractivity contribution is -0.119. The predicted octanol–water partition coefficient (Wildman–Crippen LogP) is 1.36. The van der Waals surface area contributed by atoms with Crippen LogP contribution in [0.5, 0.6) is 0 Å². The molecular formula is C14H23IN4O2. The Morgan fingerprint density at radius 2 is 2.00 bits per heavy atom. The normalized spacial score (nSPS) is 10.7. The maximum atomic E-state index is 11.4. The van der Waals surface area contributed by atoms with Crippen LogP contribution in [0.3, 0.4) is 0 Å². The highest BCUT2D eigenvalue weighted by Crippen LogP contribution is 2.09. The summed E-state index contributed by atoms with van der Waals surface area (Å²) in [5.74, 6) is 0.0317. The van der Waals surface area contributed by atoms with Crippen LogP contribution in [0.2, 0.25) is 0 Å². The van der Waals surface area contributed by atoms with E-state index in [0.29, 0.717) is 13.2 Å². The highest BCUT2D eigenvalue weighted by atomic mass is 127. The van der Waals surface area contributed by atoms with Crippen LogP contribution in [0.25, 0.3) is 0 Å². The number of nitrogens with one attached hydrogen (secondary N) is 2. The molecule has 0 aliphatic carbocycles. The van der Waals surface area contributed by atoms with Crippen LogP contribution in [0.4, 0.5) is 5.69 Å². The molecule has 1 amide bonds. The number of aliphatic imine (C=N–C) groups is 1. The molecule has 6 nitrogen and oxygen atoms in total. The van der Waals surface area contributed by atoms with Gasteiger partial charge in [0.1, 0.15) is 6.54 Å². The highest BCUT2D eigenvalue weighted by molar-refractivity contribution is 14.0. The van der Waals surface area contributed by atoms with Gasteiger partial charge in [0, 0.05) is 19.3 Å². The van der Waals surface area contributed by atoms with Gasteiger partial charge >= 0.3 is 0 Å². The Hall–Kier alpha value is -1.35. The van der Waals surface area contributed by atoms with E-state index in [2.05, 4.69) is 22.5 Å². The van der Waals surface area contributed by atoms with Gasteiger partial charge in [0.15, 0.2) is 5.96 Å². The van der Waals surface area contributed by atoms with Crippen LogP contribution in [0, 0.1) is 0 Å². The largest absolute Gasteiger partial charge is 0.383 e. The van der Waals surface area contributed by atoms with E-state index in [-0.39, 0.29) is 42.4 Å². The molecule has 4 N–H and O–H groups in total. The van der Waals surface area contributed by atoms with Crippen LogP contribution < -0.4 is 16.4 Å². The highest BCUT2D eigenvalue weighted by Gasteiger charge is 2.00. The third kappa shape index (κ3) is 8.51. The molecule has 0 heterocycles. The zero-order valence-electron chi connectivity index (χ0n) is 12.4. The minimum atomic E-state index is -0.187. The van der Waals surface area contributed by atoms with Crippen molar-refractivity contribution >= 4 is 41.5 Å². The predicted molar refractivity (Wildman–Crippen MR) is 96.2 cm³/mol. The smallest absolute Gasteiger partial charge is 0.241 e. The van der Waals surface area contributed by atoms with Gasteiger partial charge in [-0.05, 0) is 24.1 Å². The van der Waals surface area contributed by atoms with Crippen molar-refractivity contribution in [3.63, 3.8) is 0 Å². The molecule has 0 aliphatic rings. The number of halogens is 1. The summed E-state index contributed by atoms with van der Waals surface area (Å²) < 4.78 is 4.83. The third-order valence-electron chi connectivity index (χ3n) is 2.66. The van der Waals surface area contributed by atoms with Gasteiger partial charge in [0.2, 0.25) is 5.91 Å². The molecule has 21 heavy (non-hydrogen) atoms. The molecular weight excluding hydrogens is 383 g/mol. The van der Waals surface area contributed by atoms with E-state index in [4.69, 9.17) is 10.5 Å². The summed E-state index contributed by atoms with van der Waals surface area (Å²) in [7, 11) is 1.58. The first-order valence-corrected chi connectivity index (χ1v) is 6.57. The molecule has 0 saturated carbocycles. The number of benzene rings is 1. The maximum Gasteiger partial charge on any atom is 0.241 e. The Kier molecular flexibility index (Phi) is 10.6. The van der Waals surface area contributed by atoms with Crippen molar-refractivity contribution in [1.29, 1.82) is 0 Å². The second-order valence-corrected chi connectivity index (χ2v) is 4.22. The molecule has 0 aliphatic heterocycles. The average molecular weight is 406 g/mol. The molecule has 1 rings (SSSR count). The van der Waals surface area contributed by atoms with Gasteiger partial charge in [0.25, 0.3) is 0 Å². The number of rotatable bonds is 7. The summed E-state index contributed by atoms with van der Waals surface area (Å²) in [6, 6.07) is 7.90. The van der Waals surface area contributed by atoms with E-state index >= 15 is 0 Å². The monoisotopic (exact) mass is 406 g/mol. The molecule has 0 spiro atoms. The number of carbonyl (C=O) groups is 1. The number of hydrogen-bond donors (Lipinski definition) is 3. The lowest BCUT2D eigenvalue weighted by atomic mass is 10.1. The lowest BCUT2D eigenvalue weighted by Crippen LogP contribution is -2.31. The number of carbonyl (C=O) groups excluding carboxylic acids is 1. The minimum Gasteiger partial charge on any atom is -0.383 e. The summed E-state index contributed by atoms with van der Waals surface area (Å²) in [4.78, 5) is 15.4. The van der Waals surface area contributed by atoms with E-state index in [9.17, 15) is 4.79 Å². The van der Waals surface area contributed by atoms with Crippen molar-refractivity contribution in [3.05, 3.63) is 29.8 Å². The molecule has 0 fully saturated rings.